The topological polar surface area (TPSA) is 41.6 Å². The molecule has 0 bridgehead atoms. The van der Waals surface area contributed by atoms with Gasteiger partial charge in [0, 0.05) is 12.6 Å². The van der Waals surface area contributed by atoms with Gasteiger partial charge in [0.1, 0.15) is 5.54 Å². The predicted molar refractivity (Wildman–Crippen MR) is 82.8 cm³/mol. The van der Waals surface area contributed by atoms with Crippen LogP contribution in [-0.4, -0.2) is 48.7 Å². The van der Waals surface area contributed by atoms with E-state index in [0.29, 0.717) is 18.6 Å². The van der Waals surface area contributed by atoms with E-state index in [-0.39, 0.29) is 5.97 Å². The van der Waals surface area contributed by atoms with Crippen LogP contribution in [0, 0.1) is 5.92 Å². The normalized spacial score (nSPS) is 27.1. The summed E-state index contributed by atoms with van der Waals surface area (Å²) in [7, 11) is 0. The fraction of sp³-hybridized carbons (Fsp3) is 0.938. The van der Waals surface area contributed by atoms with Gasteiger partial charge in [-0.25, -0.2) is 0 Å². The molecule has 0 saturated carbocycles. The van der Waals surface area contributed by atoms with Crippen molar-refractivity contribution in [2.24, 2.45) is 5.92 Å². The summed E-state index contributed by atoms with van der Waals surface area (Å²) in [6.45, 7) is 13.6. The Morgan fingerprint density at radius 2 is 2.10 bits per heavy atom. The maximum atomic E-state index is 12.3. The summed E-state index contributed by atoms with van der Waals surface area (Å²) < 4.78 is 5.28. The van der Waals surface area contributed by atoms with Crippen LogP contribution < -0.4 is 5.32 Å². The highest BCUT2D eigenvalue weighted by atomic mass is 16.5. The first-order valence-corrected chi connectivity index (χ1v) is 8.11. The molecule has 0 spiro atoms. The molecule has 1 N–H and O–H groups in total. The summed E-state index contributed by atoms with van der Waals surface area (Å²) >= 11 is 0. The van der Waals surface area contributed by atoms with Crippen molar-refractivity contribution >= 4 is 5.97 Å². The number of nitrogens with one attached hydrogen (secondary N) is 1. The van der Waals surface area contributed by atoms with E-state index in [4.69, 9.17) is 4.74 Å². The van der Waals surface area contributed by atoms with Crippen LogP contribution in [0.3, 0.4) is 0 Å². The van der Waals surface area contributed by atoms with Crippen LogP contribution in [0.4, 0.5) is 0 Å². The van der Waals surface area contributed by atoms with E-state index < -0.39 is 5.54 Å². The first-order chi connectivity index (χ1) is 9.44. The first-order valence-electron chi connectivity index (χ1n) is 8.11. The van der Waals surface area contributed by atoms with Crippen molar-refractivity contribution < 1.29 is 9.53 Å². The van der Waals surface area contributed by atoms with Crippen LogP contribution in [0.1, 0.15) is 53.9 Å². The van der Waals surface area contributed by atoms with Gasteiger partial charge in [-0.1, -0.05) is 13.8 Å². The molecular formula is C16H32N2O2. The highest BCUT2D eigenvalue weighted by molar-refractivity contribution is 5.80. The van der Waals surface area contributed by atoms with Crippen LogP contribution >= 0.6 is 0 Å². The Bertz CT molecular complexity index is 309. The average Bonchev–Trinajstić information content (AvgIpc) is 2.42. The van der Waals surface area contributed by atoms with Crippen LogP contribution in [-0.2, 0) is 9.53 Å². The molecule has 1 aliphatic heterocycles. The van der Waals surface area contributed by atoms with Crippen LogP contribution in [0.2, 0.25) is 0 Å². The van der Waals surface area contributed by atoms with Gasteiger partial charge in [-0.2, -0.15) is 0 Å². The van der Waals surface area contributed by atoms with Crippen molar-refractivity contribution in [3.05, 3.63) is 0 Å². The van der Waals surface area contributed by atoms with Crippen molar-refractivity contribution in [1.29, 1.82) is 0 Å². The zero-order chi connectivity index (χ0) is 15.2. The van der Waals surface area contributed by atoms with Gasteiger partial charge < -0.3 is 10.1 Å². The average molecular weight is 284 g/mol. The standard InChI is InChI=1S/C16H32N2O2/c1-6-10-17-16(5,15(19)20-7-2)12-18-11-8-9-13(3)14(18)4/h13-14,17H,6-12H2,1-5H3. The van der Waals surface area contributed by atoms with Crippen molar-refractivity contribution in [2.45, 2.75) is 65.5 Å². The van der Waals surface area contributed by atoms with Gasteiger partial charge in [0.25, 0.3) is 0 Å². The van der Waals surface area contributed by atoms with Crippen LogP contribution in [0.25, 0.3) is 0 Å². The fourth-order valence-corrected chi connectivity index (χ4v) is 2.93. The van der Waals surface area contributed by atoms with Crippen molar-refractivity contribution in [3.8, 4) is 0 Å². The molecule has 0 radical (unpaired) electrons. The molecule has 1 rings (SSSR count). The molecule has 0 aromatic heterocycles. The highest BCUT2D eigenvalue weighted by Gasteiger charge is 2.38. The van der Waals surface area contributed by atoms with E-state index in [1.807, 2.05) is 13.8 Å². The second-order valence-electron chi connectivity index (χ2n) is 6.31. The second kappa shape index (κ2) is 7.99. The number of piperidine rings is 1. The molecule has 4 heteroatoms. The Morgan fingerprint density at radius 1 is 1.40 bits per heavy atom. The lowest BCUT2D eigenvalue weighted by atomic mass is 9.90. The van der Waals surface area contributed by atoms with Gasteiger partial charge in [-0.05, 0) is 59.0 Å². The second-order valence-corrected chi connectivity index (χ2v) is 6.31. The molecular weight excluding hydrogens is 252 g/mol. The van der Waals surface area contributed by atoms with Gasteiger partial charge in [0.05, 0.1) is 6.61 Å². The lowest BCUT2D eigenvalue weighted by Gasteiger charge is -2.42. The summed E-state index contributed by atoms with van der Waals surface area (Å²) in [6, 6.07) is 0.529. The third kappa shape index (κ3) is 4.45. The molecule has 1 heterocycles. The van der Waals surface area contributed by atoms with Gasteiger partial charge in [-0.3, -0.25) is 9.69 Å². The van der Waals surface area contributed by atoms with E-state index in [9.17, 15) is 4.79 Å². The molecule has 3 unspecified atom stereocenters. The molecule has 1 fully saturated rings. The van der Waals surface area contributed by atoms with E-state index in [0.717, 1.165) is 26.1 Å². The molecule has 118 valence electrons. The Balaban J connectivity index is 2.74. The van der Waals surface area contributed by atoms with Gasteiger partial charge in [-0.15, -0.1) is 0 Å². The minimum atomic E-state index is -0.600. The molecule has 1 saturated heterocycles. The number of rotatable bonds is 7. The fourth-order valence-electron chi connectivity index (χ4n) is 2.93. The maximum Gasteiger partial charge on any atom is 0.327 e. The van der Waals surface area contributed by atoms with Crippen molar-refractivity contribution in [3.63, 3.8) is 0 Å². The number of nitrogens with zero attached hydrogens (tertiary/aromatic N) is 1. The Kier molecular flexibility index (Phi) is 6.96. The molecule has 3 atom stereocenters. The summed E-state index contributed by atoms with van der Waals surface area (Å²) in [6.07, 6.45) is 3.52. The number of esters is 1. The van der Waals surface area contributed by atoms with Gasteiger partial charge >= 0.3 is 5.97 Å². The molecule has 4 nitrogen and oxygen atoms in total. The Morgan fingerprint density at radius 3 is 2.70 bits per heavy atom. The summed E-state index contributed by atoms with van der Waals surface area (Å²) in [5.74, 6) is 0.570. The largest absolute Gasteiger partial charge is 0.465 e. The molecule has 0 amide bonds. The number of carbonyl (C=O) groups is 1. The summed E-state index contributed by atoms with van der Waals surface area (Å²) in [5, 5.41) is 3.40. The third-order valence-corrected chi connectivity index (χ3v) is 4.51. The van der Waals surface area contributed by atoms with E-state index >= 15 is 0 Å². The highest BCUT2D eigenvalue weighted by Crippen LogP contribution is 2.24. The molecule has 1 aliphatic rings. The summed E-state index contributed by atoms with van der Waals surface area (Å²) in [5.41, 5.74) is -0.600. The number of ether oxygens (including phenoxy) is 1. The minimum Gasteiger partial charge on any atom is -0.465 e. The quantitative estimate of drug-likeness (QED) is 0.729. The number of hydrogen-bond acceptors (Lipinski definition) is 4. The van der Waals surface area contributed by atoms with E-state index in [2.05, 4.69) is 31.0 Å². The minimum absolute atomic E-state index is 0.126. The van der Waals surface area contributed by atoms with E-state index in [1.165, 1.54) is 12.8 Å². The Labute approximate surface area is 124 Å². The zero-order valence-electron chi connectivity index (χ0n) is 13.9. The predicted octanol–water partition coefficient (Wildman–Crippen LogP) is 2.43. The molecule has 0 aromatic rings. The van der Waals surface area contributed by atoms with Crippen LogP contribution in [0.5, 0.6) is 0 Å². The lowest BCUT2D eigenvalue weighted by Crippen LogP contribution is -2.60. The number of carbonyl (C=O) groups excluding carboxylic acids is 1. The summed E-state index contributed by atoms with van der Waals surface area (Å²) in [4.78, 5) is 14.8. The first kappa shape index (κ1) is 17.4. The third-order valence-electron chi connectivity index (χ3n) is 4.51. The molecule has 20 heavy (non-hydrogen) atoms. The van der Waals surface area contributed by atoms with E-state index in [1.54, 1.807) is 0 Å². The van der Waals surface area contributed by atoms with Gasteiger partial charge in [0.2, 0.25) is 0 Å². The maximum absolute atomic E-state index is 12.3. The smallest absolute Gasteiger partial charge is 0.327 e. The monoisotopic (exact) mass is 284 g/mol. The lowest BCUT2D eigenvalue weighted by molar-refractivity contribution is -0.152. The number of likely N-dealkylation sites (tertiary alicyclic amines) is 1. The van der Waals surface area contributed by atoms with Crippen molar-refractivity contribution in [2.75, 3.05) is 26.2 Å². The van der Waals surface area contributed by atoms with Crippen molar-refractivity contribution in [1.82, 2.24) is 10.2 Å². The molecule has 0 aliphatic carbocycles. The van der Waals surface area contributed by atoms with Gasteiger partial charge in [0.15, 0.2) is 0 Å². The number of hydrogen-bond donors (Lipinski definition) is 1. The SMILES string of the molecule is CCCNC(C)(CN1CCCC(C)C1C)C(=O)OCC. The Hall–Kier alpha value is -0.610. The molecule has 0 aromatic carbocycles. The zero-order valence-corrected chi connectivity index (χ0v) is 13.9. The van der Waals surface area contributed by atoms with Crippen LogP contribution in [0.15, 0.2) is 0 Å².